The summed E-state index contributed by atoms with van der Waals surface area (Å²) < 4.78 is 29.3. The molecule has 3 aliphatic heterocycles. The van der Waals surface area contributed by atoms with Crippen LogP contribution in [-0.2, 0) is 23.2 Å². The first kappa shape index (κ1) is 16.5. The molecule has 3 aliphatic rings. The lowest BCUT2D eigenvalue weighted by atomic mass is 10.0. The Labute approximate surface area is 144 Å². The number of nitrogens with one attached hydrogen (secondary N) is 1. The summed E-state index contributed by atoms with van der Waals surface area (Å²) >= 11 is 0. The minimum atomic E-state index is -3.35. The lowest BCUT2D eigenvalue weighted by molar-refractivity contribution is 0.140. The Bertz CT molecular complexity index is 680. The van der Waals surface area contributed by atoms with Gasteiger partial charge in [-0.3, -0.25) is 4.90 Å². The van der Waals surface area contributed by atoms with Crippen LogP contribution in [-0.4, -0.2) is 73.8 Å². The summed E-state index contributed by atoms with van der Waals surface area (Å²) in [6.07, 6.45) is 1.98. The summed E-state index contributed by atoms with van der Waals surface area (Å²) in [7, 11) is -3.35. The van der Waals surface area contributed by atoms with Crippen LogP contribution >= 0.6 is 0 Å². The highest BCUT2D eigenvalue weighted by atomic mass is 32.2. The second-order valence-corrected chi connectivity index (χ2v) is 8.87. The molecule has 0 saturated carbocycles. The van der Waals surface area contributed by atoms with Gasteiger partial charge in [0.1, 0.15) is 0 Å². The van der Waals surface area contributed by atoms with Gasteiger partial charge in [0, 0.05) is 51.9 Å². The van der Waals surface area contributed by atoms with E-state index in [0.29, 0.717) is 32.2 Å². The maximum atomic E-state index is 13.0. The average molecular weight is 350 g/mol. The summed E-state index contributed by atoms with van der Waals surface area (Å²) in [6, 6.07) is 8.75. The predicted molar refractivity (Wildman–Crippen MR) is 93.9 cm³/mol. The number of piperazine rings is 1. The van der Waals surface area contributed by atoms with Crippen LogP contribution in [0, 0.1) is 0 Å². The van der Waals surface area contributed by atoms with Crippen LogP contribution in [0.4, 0.5) is 0 Å². The maximum Gasteiger partial charge on any atom is 0.282 e. The molecule has 0 aliphatic carbocycles. The summed E-state index contributed by atoms with van der Waals surface area (Å²) in [5, 5.41) is 3.39. The summed E-state index contributed by atoms with van der Waals surface area (Å²) in [5.74, 6) is 0. The Morgan fingerprint density at radius 2 is 1.71 bits per heavy atom. The van der Waals surface area contributed by atoms with E-state index in [4.69, 9.17) is 0 Å². The predicted octanol–water partition coefficient (Wildman–Crippen LogP) is 0.269. The first-order valence-corrected chi connectivity index (χ1v) is 10.3. The van der Waals surface area contributed by atoms with E-state index in [9.17, 15) is 8.42 Å². The summed E-state index contributed by atoms with van der Waals surface area (Å²) in [4.78, 5) is 2.44. The summed E-state index contributed by atoms with van der Waals surface area (Å²) in [5.41, 5.74) is 2.42. The Kier molecular flexibility index (Phi) is 4.62. The van der Waals surface area contributed by atoms with Crippen LogP contribution in [0.2, 0.25) is 0 Å². The molecule has 2 saturated heterocycles. The van der Waals surface area contributed by atoms with Gasteiger partial charge in [0.15, 0.2) is 0 Å². The normalized spacial score (nSPS) is 27.2. The van der Waals surface area contributed by atoms with Crippen molar-refractivity contribution in [3.8, 4) is 0 Å². The second kappa shape index (κ2) is 6.72. The van der Waals surface area contributed by atoms with Gasteiger partial charge in [0.25, 0.3) is 10.2 Å². The number of fused-ring (bicyclic) bond motifs is 1. The molecular weight excluding hydrogens is 324 g/mol. The zero-order chi connectivity index (χ0) is 16.6. The second-order valence-electron chi connectivity index (χ2n) is 6.94. The molecule has 0 bridgehead atoms. The minimum Gasteiger partial charge on any atom is -0.315 e. The Morgan fingerprint density at radius 1 is 0.958 bits per heavy atom. The van der Waals surface area contributed by atoms with Gasteiger partial charge in [0.2, 0.25) is 0 Å². The standard InChI is InChI=1S/C17H26N4O2S/c22-24(23,21-8-6-15-3-1-2-4-16(15)14-21)20-11-9-19(10-12-20)17-5-7-18-13-17/h1-4,17-18H,5-14H2. The molecule has 0 radical (unpaired) electrons. The van der Waals surface area contributed by atoms with Crippen molar-refractivity contribution in [2.24, 2.45) is 0 Å². The lowest BCUT2D eigenvalue weighted by Gasteiger charge is -2.39. The molecule has 4 rings (SSSR count). The van der Waals surface area contributed by atoms with Crippen LogP contribution < -0.4 is 5.32 Å². The number of hydrogen-bond acceptors (Lipinski definition) is 4. The van der Waals surface area contributed by atoms with Crippen molar-refractivity contribution >= 4 is 10.2 Å². The lowest BCUT2D eigenvalue weighted by Crippen LogP contribution is -2.55. The number of hydrogen-bond donors (Lipinski definition) is 1. The highest BCUT2D eigenvalue weighted by Crippen LogP contribution is 2.23. The Balaban J connectivity index is 1.41. The van der Waals surface area contributed by atoms with Crippen molar-refractivity contribution in [3.63, 3.8) is 0 Å². The molecular formula is C17H26N4O2S. The molecule has 7 heteroatoms. The quantitative estimate of drug-likeness (QED) is 0.850. The van der Waals surface area contributed by atoms with Gasteiger partial charge >= 0.3 is 0 Å². The molecule has 6 nitrogen and oxygen atoms in total. The molecule has 2 fully saturated rings. The molecule has 1 aromatic rings. The molecule has 0 amide bonds. The smallest absolute Gasteiger partial charge is 0.282 e. The van der Waals surface area contributed by atoms with Gasteiger partial charge in [-0.15, -0.1) is 0 Å². The molecule has 24 heavy (non-hydrogen) atoms. The van der Waals surface area contributed by atoms with Crippen molar-refractivity contribution in [2.75, 3.05) is 45.8 Å². The van der Waals surface area contributed by atoms with E-state index in [2.05, 4.69) is 16.3 Å². The third-order valence-electron chi connectivity index (χ3n) is 5.57. The fourth-order valence-corrected chi connectivity index (χ4v) is 5.66. The molecule has 1 aromatic carbocycles. The number of nitrogens with zero attached hydrogens (tertiary/aromatic N) is 3. The molecule has 3 heterocycles. The molecule has 1 unspecified atom stereocenters. The Hall–Kier alpha value is -0.990. The van der Waals surface area contributed by atoms with Crippen molar-refractivity contribution in [1.82, 2.24) is 18.8 Å². The van der Waals surface area contributed by atoms with Crippen LogP contribution in [0.15, 0.2) is 24.3 Å². The molecule has 1 atom stereocenters. The zero-order valence-corrected chi connectivity index (χ0v) is 14.8. The van der Waals surface area contributed by atoms with Crippen molar-refractivity contribution in [1.29, 1.82) is 0 Å². The Morgan fingerprint density at radius 3 is 2.42 bits per heavy atom. The third-order valence-corrected chi connectivity index (χ3v) is 7.55. The molecule has 0 aromatic heterocycles. The highest BCUT2D eigenvalue weighted by molar-refractivity contribution is 7.86. The van der Waals surface area contributed by atoms with E-state index >= 15 is 0 Å². The van der Waals surface area contributed by atoms with Gasteiger partial charge in [-0.2, -0.15) is 17.0 Å². The van der Waals surface area contributed by atoms with Crippen LogP contribution in [0.25, 0.3) is 0 Å². The molecule has 132 valence electrons. The minimum absolute atomic E-state index is 0.505. The van der Waals surface area contributed by atoms with Gasteiger partial charge in [0.05, 0.1) is 0 Å². The third kappa shape index (κ3) is 3.11. The molecule has 0 spiro atoms. The van der Waals surface area contributed by atoms with E-state index in [1.54, 1.807) is 8.61 Å². The fourth-order valence-electron chi connectivity index (χ4n) is 4.08. The van der Waals surface area contributed by atoms with E-state index in [-0.39, 0.29) is 0 Å². The van der Waals surface area contributed by atoms with E-state index in [1.807, 2.05) is 18.2 Å². The van der Waals surface area contributed by atoms with Crippen LogP contribution in [0.1, 0.15) is 17.5 Å². The zero-order valence-electron chi connectivity index (χ0n) is 14.0. The van der Waals surface area contributed by atoms with E-state index < -0.39 is 10.2 Å². The van der Waals surface area contributed by atoms with Gasteiger partial charge in [-0.1, -0.05) is 24.3 Å². The van der Waals surface area contributed by atoms with Gasteiger partial charge in [-0.05, 0) is 30.5 Å². The SMILES string of the molecule is O=S(=O)(N1CCN(C2CCNC2)CC1)N1CCc2ccccc2C1. The summed E-state index contributed by atoms with van der Waals surface area (Å²) in [6.45, 7) is 6.11. The van der Waals surface area contributed by atoms with E-state index in [0.717, 1.165) is 38.2 Å². The first-order valence-electron chi connectivity index (χ1n) is 8.91. The number of benzene rings is 1. The monoisotopic (exact) mass is 350 g/mol. The largest absolute Gasteiger partial charge is 0.315 e. The molecule has 1 N–H and O–H groups in total. The van der Waals surface area contributed by atoms with Crippen molar-refractivity contribution in [3.05, 3.63) is 35.4 Å². The average Bonchev–Trinajstić information content (AvgIpc) is 3.16. The van der Waals surface area contributed by atoms with Gasteiger partial charge < -0.3 is 5.32 Å². The van der Waals surface area contributed by atoms with Crippen LogP contribution in [0.3, 0.4) is 0 Å². The van der Waals surface area contributed by atoms with Crippen molar-refractivity contribution < 1.29 is 8.42 Å². The van der Waals surface area contributed by atoms with Gasteiger partial charge in [-0.25, -0.2) is 0 Å². The topological polar surface area (TPSA) is 55.9 Å². The number of rotatable bonds is 3. The highest BCUT2D eigenvalue weighted by Gasteiger charge is 2.35. The fraction of sp³-hybridized carbons (Fsp3) is 0.647. The van der Waals surface area contributed by atoms with E-state index in [1.165, 1.54) is 12.0 Å². The first-order chi connectivity index (χ1) is 11.6. The van der Waals surface area contributed by atoms with Crippen LogP contribution in [0.5, 0.6) is 0 Å². The van der Waals surface area contributed by atoms with Crippen molar-refractivity contribution in [2.45, 2.75) is 25.4 Å². The maximum absolute atomic E-state index is 13.0.